The lowest BCUT2D eigenvalue weighted by atomic mass is 10.2. The zero-order valence-corrected chi connectivity index (χ0v) is 10.5. The van der Waals surface area contributed by atoms with Crippen LogP contribution >= 0.6 is 0 Å². The third kappa shape index (κ3) is 2.09. The van der Waals surface area contributed by atoms with Gasteiger partial charge in [-0.15, -0.1) is 0 Å². The fourth-order valence-electron chi connectivity index (χ4n) is 2.26. The number of carbonyl (C=O) groups is 1. The molecular formula is C15H12N2O3. The Hall–Kier alpha value is -2.82. The van der Waals surface area contributed by atoms with E-state index in [2.05, 4.69) is 4.98 Å². The van der Waals surface area contributed by atoms with Crippen molar-refractivity contribution in [2.75, 3.05) is 0 Å². The van der Waals surface area contributed by atoms with Gasteiger partial charge in [-0.1, -0.05) is 6.07 Å². The van der Waals surface area contributed by atoms with Crippen LogP contribution in [-0.2, 0) is 6.54 Å². The fraction of sp³-hybridized carbons (Fsp3) is 0.0667. The summed E-state index contributed by atoms with van der Waals surface area (Å²) in [5.41, 5.74) is 1.71. The summed E-state index contributed by atoms with van der Waals surface area (Å²) >= 11 is 0. The van der Waals surface area contributed by atoms with Crippen LogP contribution in [0, 0.1) is 0 Å². The maximum absolute atomic E-state index is 11.4. The number of aromatic hydroxyl groups is 1. The lowest BCUT2D eigenvalue weighted by Crippen LogP contribution is -2.10. The average molecular weight is 268 g/mol. The van der Waals surface area contributed by atoms with Crippen molar-refractivity contribution in [1.82, 2.24) is 9.55 Å². The molecule has 5 heteroatoms. The molecular weight excluding hydrogens is 256 g/mol. The summed E-state index contributed by atoms with van der Waals surface area (Å²) in [5, 5.41) is 19.5. The number of nitrogens with zero attached hydrogens (tertiary/aromatic N) is 2. The van der Waals surface area contributed by atoms with E-state index in [-0.39, 0.29) is 11.4 Å². The van der Waals surface area contributed by atoms with Crippen molar-refractivity contribution >= 4 is 16.9 Å². The van der Waals surface area contributed by atoms with Crippen molar-refractivity contribution in [2.45, 2.75) is 6.54 Å². The number of fused-ring (bicyclic) bond motifs is 1. The van der Waals surface area contributed by atoms with Crippen LogP contribution in [0.2, 0.25) is 0 Å². The van der Waals surface area contributed by atoms with Crippen LogP contribution in [0.3, 0.4) is 0 Å². The molecule has 0 saturated heterocycles. The number of hydrogen-bond donors (Lipinski definition) is 2. The second kappa shape index (κ2) is 4.70. The van der Waals surface area contributed by atoms with E-state index in [4.69, 9.17) is 0 Å². The Labute approximate surface area is 114 Å². The molecule has 0 saturated carbocycles. The molecule has 0 fully saturated rings. The molecule has 0 radical (unpaired) electrons. The highest BCUT2D eigenvalue weighted by molar-refractivity contribution is 5.95. The van der Waals surface area contributed by atoms with Crippen molar-refractivity contribution in [1.29, 1.82) is 0 Å². The van der Waals surface area contributed by atoms with E-state index in [0.29, 0.717) is 11.9 Å². The van der Waals surface area contributed by atoms with E-state index in [1.165, 1.54) is 0 Å². The Balaban J connectivity index is 2.16. The number of aromatic nitrogens is 2. The highest BCUT2D eigenvalue weighted by Gasteiger charge is 2.15. The van der Waals surface area contributed by atoms with Crippen LogP contribution in [-0.4, -0.2) is 25.7 Å². The second-order valence-electron chi connectivity index (χ2n) is 4.49. The van der Waals surface area contributed by atoms with Crippen molar-refractivity contribution in [3.05, 3.63) is 60.0 Å². The third-order valence-corrected chi connectivity index (χ3v) is 3.15. The van der Waals surface area contributed by atoms with E-state index in [1.807, 2.05) is 18.2 Å². The van der Waals surface area contributed by atoms with Gasteiger partial charge in [-0.25, -0.2) is 4.79 Å². The quantitative estimate of drug-likeness (QED) is 0.765. The fourth-order valence-corrected chi connectivity index (χ4v) is 2.26. The predicted octanol–water partition coefficient (Wildman–Crippen LogP) is 2.49. The van der Waals surface area contributed by atoms with Gasteiger partial charge in [0.05, 0.1) is 12.2 Å². The lowest BCUT2D eigenvalue weighted by molar-refractivity contribution is 0.0686. The van der Waals surface area contributed by atoms with Gasteiger partial charge in [-0.2, -0.15) is 0 Å². The first-order valence-corrected chi connectivity index (χ1v) is 6.10. The summed E-state index contributed by atoms with van der Waals surface area (Å²) in [4.78, 5) is 15.6. The normalized spacial score (nSPS) is 10.8. The Morgan fingerprint density at radius 2 is 2.05 bits per heavy atom. The van der Waals surface area contributed by atoms with E-state index < -0.39 is 5.97 Å². The Kier molecular flexibility index (Phi) is 2.87. The van der Waals surface area contributed by atoms with Gasteiger partial charge in [-0.3, -0.25) is 4.98 Å². The number of carboxylic acid groups (broad SMARTS) is 1. The Bertz CT molecular complexity index is 778. The van der Waals surface area contributed by atoms with Gasteiger partial charge in [0.2, 0.25) is 0 Å². The molecule has 2 aromatic heterocycles. The Morgan fingerprint density at radius 3 is 2.75 bits per heavy atom. The summed E-state index contributed by atoms with van der Waals surface area (Å²) in [6.07, 6.45) is 1.67. The van der Waals surface area contributed by atoms with Gasteiger partial charge in [0.1, 0.15) is 11.4 Å². The minimum absolute atomic E-state index is 0.115. The predicted molar refractivity (Wildman–Crippen MR) is 73.9 cm³/mol. The molecule has 3 aromatic rings. The molecule has 0 aliphatic heterocycles. The number of benzene rings is 1. The Morgan fingerprint density at radius 1 is 1.20 bits per heavy atom. The second-order valence-corrected chi connectivity index (χ2v) is 4.49. The first-order valence-electron chi connectivity index (χ1n) is 6.10. The molecule has 2 N–H and O–H groups in total. The van der Waals surface area contributed by atoms with Gasteiger partial charge in [0, 0.05) is 17.1 Å². The molecule has 3 rings (SSSR count). The molecule has 20 heavy (non-hydrogen) atoms. The van der Waals surface area contributed by atoms with Gasteiger partial charge in [0.15, 0.2) is 0 Å². The van der Waals surface area contributed by atoms with Crippen LogP contribution in [0.15, 0.2) is 48.7 Å². The molecule has 0 amide bonds. The highest BCUT2D eigenvalue weighted by atomic mass is 16.4. The maximum Gasteiger partial charge on any atom is 0.352 e. The van der Waals surface area contributed by atoms with Crippen molar-refractivity contribution in [3.8, 4) is 5.75 Å². The summed E-state index contributed by atoms with van der Waals surface area (Å²) < 4.78 is 1.68. The highest BCUT2D eigenvalue weighted by Crippen LogP contribution is 2.24. The lowest BCUT2D eigenvalue weighted by Gasteiger charge is -2.07. The minimum Gasteiger partial charge on any atom is -0.508 e. The van der Waals surface area contributed by atoms with Crippen molar-refractivity contribution < 1.29 is 15.0 Å². The number of pyridine rings is 1. The average Bonchev–Trinajstić information content (AvgIpc) is 2.78. The first kappa shape index (κ1) is 12.2. The number of rotatable bonds is 3. The van der Waals surface area contributed by atoms with Gasteiger partial charge < -0.3 is 14.8 Å². The monoisotopic (exact) mass is 268 g/mol. The number of carboxylic acids is 1. The van der Waals surface area contributed by atoms with Crippen LogP contribution in [0.4, 0.5) is 0 Å². The van der Waals surface area contributed by atoms with E-state index in [0.717, 1.165) is 11.2 Å². The first-order chi connectivity index (χ1) is 9.65. The number of aromatic carboxylic acids is 1. The maximum atomic E-state index is 11.4. The zero-order chi connectivity index (χ0) is 14.1. The van der Waals surface area contributed by atoms with E-state index in [1.54, 1.807) is 35.0 Å². The summed E-state index contributed by atoms with van der Waals surface area (Å²) in [7, 11) is 0. The molecule has 100 valence electrons. The van der Waals surface area contributed by atoms with Crippen LogP contribution < -0.4 is 0 Å². The van der Waals surface area contributed by atoms with Gasteiger partial charge in [0.25, 0.3) is 0 Å². The van der Waals surface area contributed by atoms with Gasteiger partial charge >= 0.3 is 5.97 Å². The molecule has 0 bridgehead atoms. The zero-order valence-electron chi connectivity index (χ0n) is 10.5. The standard InChI is InChI=1S/C15H12N2O3/c18-12-4-5-13-10(7-12)8-14(15(19)20)17(13)9-11-3-1-2-6-16-11/h1-8,18H,9H2,(H,19,20). The molecule has 0 unspecified atom stereocenters. The van der Waals surface area contributed by atoms with E-state index in [9.17, 15) is 15.0 Å². The van der Waals surface area contributed by atoms with Crippen LogP contribution in [0.25, 0.3) is 10.9 Å². The topological polar surface area (TPSA) is 75.3 Å². The number of phenols is 1. The third-order valence-electron chi connectivity index (χ3n) is 3.15. The largest absolute Gasteiger partial charge is 0.508 e. The molecule has 5 nitrogen and oxygen atoms in total. The molecule has 0 aliphatic carbocycles. The SMILES string of the molecule is O=C(O)c1cc2cc(O)ccc2n1Cc1ccccn1. The molecule has 1 aromatic carbocycles. The molecule has 2 heterocycles. The summed E-state index contributed by atoms with van der Waals surface area (Å²) in [6, 6.07) is 11.9. The molecule has 0 spiro atoms. The minimum atomic E-state index is -1.00. The number of phenolic OH excluding ortho intramolecular Hbond substituents is 1. The smallest absolute Gasteiger partial charge is 0.352 e. The summed E-state index contributed by atoms with van der Waals surface area (Å²) in [6.45, 7) is 0.372. The van der Waals surface area contributed by atoms with E-state index >= 15 is 0 Å². The van der Waals surface area contributed by atoms with Crippen LogP contribution in [0.5, 0.6) is 5.75 Å². The number of hydrogen-bond acceptors (Lipinski definition) is 3. The molecule has 0 atom stereocenters. The van der Waals surface area contributed by atoms with Crippen molar-refractivity contribution in [2.24, 2.45) is 0 Å². The van der Waals surface area contributed by atoms with Gasteiger partial charge in [-0.05, 0) is 36.4 Å². The van der Waals surface area contributed by atoms with Crippen LogP contribution in [0.1, 0.15) is 16.2 Å². The van der Waals surface area contributed by atoms with Crippen molar-refractivity contribution in [3.63, 3.8) is 0 Å². The summed E-state index contributed by atoms with van der Waals surface area (Å²) in [5.74, 6) is -0.888. The molecule has 0 aliphatic rings.